The third-order valence-electron chi connectivity index (χ3n) is 3.61. The molecule has 1 atom stereocenters. The maximum absolute atomic E-state index is 12.2. The smallest absolute Gasteiger partial charge is 0.321 e. The Hall–Kier alpha value is -3.13. The molecule has 1 unspecified atom stereocenters. The second-order valence-corrected chi connectivity index (χ2v) is 6.95. The highest BCUT2D eigenvalue weighted by atomic mass is 32.2. The SMILES string of the molecule is CC(Sc1nnc(-c2ccccc2)o1)C(=O)NC(=O)NCc1ccccc1. The zero-order valence-corrected chi connectivity index (χ0v) is 15.4. The Balaban J connectivity index is 1.49. The molecule has 0 saturated heterocycles. The molecule has 3 amide bonds. The number of hydrogen-bond acceptors (Lipinski definition) is 6. The fraction of sp³-hybridized carbons (Fsp3) is 0.158. The van der Waals surface area contributed by atoms with E-state index in [1.54, 1.807) is 6.92 Å². The summed E-state index contributed by atoms with van der Waals surface area (Å²) in [5.74, 6) is -0.0589. The van der Waals surface area contributed by atoms with E-state index in [0.717, 1.165) is 22.9 Å². The summed E-state index contributed by atoms with van der Waals surface area (Å²) in [6, 6.07) is 18.2. The highest BCUT2D eigenvalue weighted by molar-refractivity contribution is 8.00. The van der Waals surface area contributed by atoms with Gasteiger partial charge in [-0.05, 0) is 24.6 Å². The number of carbonyl (C=O) groups excluding carboxylic acids is 2. The fourth-order valence-corrected chi connectivity index (χ4v) is 2.88. The van der Waals surface area contributed by atoms with Crippen LogP contribution in [-0.2, 0) is 11.3 Å². The quantitative estimate of drug-likeness (QED) is 0.635. The van der Waals surface area contributed by atoms with Crippen molar-refractivity contribution in [3.63, 3.8) is 0 Å². The van der Waals surface area contributed by atoms with Gasteiger partial charge in [0.15, 0.2) is 0 Å². The van der Waals surface area contributed by atoms with Crippen LogP contribution in [0.25, 0.3) is 11.5 Å². The van der Waals surface area contributed by atoms with E-state index in [1.165, 1.54) is 0 Å². The average molecular weight is 382 g/mol. The molecule has 2 aromatic carbocycles. The number of amides is 3. The molecule has 0 aliphatic carbocycles. The van der Waals surface area contributed by atoms with E-state index >= 15 is 0 Å². The first-order valence-electron chi connectivity index (χ1n) is 8.30. The molecule has 8 heteroatoms. The number of imide groups is 1. The summed E-state index contributed by atoms with van der Waals surface area (Å²) in [7, 11) is 0. The lowest BCUT2D eigenvalue weighted by molar-refractivity contribution is -0.119. The van der Waals surface area contributed by atoms with E-state index in [-0.39, 0.29) is 5.22 Å². The summed E-state index contributed by atoms with van der Waals surface area (Å²) < 4.78 is 5.56. The molecule has 3 aromatic rings. The van der Waals surface area contributed by atoms with Crippen molar-refractivity contribution in [2.75, 3.05) is 0 Å². The van der Waals surface area contributed by atoms with Crippen LogP contribution in [-0.4, -0.2) is 27.4 Å². The number of thioether (sulfide) groups is 1. The van der Waals surface area contributed by atoms with Crippen LogP contribution in [0, 0.1) is 0 Å². The molecule has 138 valence electrons. The van der Waals surface area contributed by atoms with Crippen LogP contribution in [0.1, 0.15) is 12.5 Å². The summed E-state index contributed by atoms with van der Waals surface area (Å²) >= 11 is 1.09. The zero-order chi connectivity index (χ0) is 19.1. The molecule has 0 aliphatic rings. The van der Waals surface area contributed by atoms with E-state index in [1.807, 2.05) is 60.7 Å². The van der Waals surface area contributed by atoms with Crippen molar-refractivity contribution in [2.45, 2.75) is 23.9 Å². The van der Waals surface area contributed by atoms with Crippen LogP contribution in [0.4, 0.5) is 4.79 Å². The Bertz CT molecular complexity index is 900. The summed E-state index contributed by atoms with van der Waals surface area (Å²) in [5.41, 5.74) is 1.75. The minimum atomic E-state index is -0.573. The van der Waals surface area contributed by atoms with Crippen LogP contribution >= 0.6 is 11.8 Å². The zero-order valence-electron chi connectivity index (χ0n) is 14.6. The molecule has 7 nitrogen and oxygen atoms in total. The van der Waals surface area contributed by atoms with Crippen molar-refractivity contribution in [1.29, 1.82) is 0 Å². The van der Waals surface area contributed by atoms with Gasteiger partial charge in [0.2, 0.25) is 11.8 Å². The molecule has 3 rings (SSSR count). The van der Waals surface area contributed by atoms with Crippen LogP contribution in [0.3, 0.4) is 0 Å². The van der Waals surface area contributed by atoms with E-state index in [0.29, 0.717) is 12.4 Å². The van der Waals surface area contributed by atoms with E-state index < -0.39 is 17.2 Å². The first-order chi connectivity index (χ1) is 13.1. The number of nitrogens with one attached hydrogen (secondary N) is 2. The fourth-order valence-electron chi connectivity index (χ4n) is 2.20. The molecular formula is C19H18N4O3S. The maximum Gasteiger partial charge on any atom is 0.321 e. The van der Waals surface area contributed by atoms with Gasteiger partial charge >= 0.3 is 6.03 Å². The van der Waals surface area contributed by atoms with Crippen LogP contribution < -0.4 is 10.6 Å². The number of nitrogens with zero attached hydrogens (tertiary/aromatic N) is 2. The van der Waals surface area contributed by atoms with Gasteiger partial charge in [-0.25, -0.2) is 4.79 Å². The van der Waals surface area contributed by atoms with Crippen LogP contribution in [0.5, 0.6) is 0 Å². The second-order valence-electron chi connectivity index (χ2n) is 5.66. The highest BCUT2D eigenvalue weighted by Crippen LogP contribution is 2.25. The van der Waals surface area contributed by atoms with Crippen molar-refractivity contribution >= 4 is 23.7 Å². The number of rotatable bonds is 6. The number of carbonyl (C=O) groups is 2. The van der Waals surface area contributed by atoms with Crippen molar-refractivity contribution in [3.05, 3.63) is 66.2 Å². The van der Waals surface area contributed by atoms with Gasteiger partial charge in [-0.3, -0.25) is 10.1 Å². The van der Waals surface area contributed by atoms with Crippen molar-refractivity contribution in [3.8, 4) is 11.5 Å². The Morgan fingerprint density at radius 1 is 1.04 bits per heavy atom. The number of urea groups is 1. The van der Waals surface area contributed by atoms with Gasteiger partial charge in [-0.2, -0.15) is 0 Å². The molecule has 27 heavy (non-hydrogen) atoms. The number of aromatic nitrogens is 2. The van der Waals surface area contributed by atoms with Gasteiger partial charge in [0.25, 0.3) is 5.22 Å². The van der Waals surface area contributed by atoms with Gasteiger partial charge in [0.1, 0.15) is 0 Å². The predicted molar refractivity (Wildman–Crippen MR) is 102 cm³/mol. The molecule has 1 heterocycles. The van der Waals surface area contributed by atoms with Crippen LogP contribution in [0.2, 0.25) is 0 Å². The summed E-state index contributed by atoms with van der Waals surface area (Å²) in [5, 5.41) is 12.6. The molecule has 0 fully saturated rings. The van der Waals surface area contributed by atoms with E-state index in [9.17, 15) is 9.59 Å². The lowest BCUT2D eigenvalue weighted by Gasteiger charge is -2.10. The van der Waals surface area contributed by atoms with Crippen LogP contribution in [0.15, 0.2) is 70.3 Å². The Morgan fingerprint density at radius 2 is 1.70 bits per heavy atom. The van der Waals surface area contributed by atoms with E-state index in [4.69, 9.17) is 4.42 Å². The monoisotopic (exact) mass is 382 g/mol. The molecule has 0 radical (unpaired) electrons. The minimum Gasteiger partial charge on any atom is -0.411 e. The third-order valence-corrected chi connectivity index (χ3v) is 4.54. The molecule has 0 bridgehead atoms. The lowest BCUT2D eigenvalue weighted by atomic mass is 10.2. The van der Waals surface area contributed by atoms with E-state index in [2.05, 4.69) is 20.8 Å². The molecule has 0 saturated carbocycles. The van der Waals surface area contributed by atoms with Gasteiger partial charge in [-0.15, -0.1) is 10.2 Å². The lowest BCUT2D eigenvalue weighted by Crippen LogP contribution is -2.42. The topological polar surface area (TPSA) is 97.1 Å². The molecule has 1 aromatic heterocycles. The molecular weight excluding hydrogens is 364 g/mol. The number of benzene rings is 2. The predicted octanol–water partition coefficient (Wildman–Crippen LogP) is 3.24. The van der Waals surface area contributed by atoms with Crippen molar-refractivity contribution in [1.82, 2.24) is 20.8 Å². The number of hydrogen-bond donors (Lipinski definition) is 2. The standard InChI is InChI=1S/C19H18N4O3S/c1-13(16(24)21-18(25)20-12-14-8-4-2-5-9-14)27-19-23-22-17(26-19)15-10-6-3-7-11-15/h2-11,13H,12H2,1H3,(H2,20,21,24,25). The van der Waals surface area contributed by atoms with Gasteiger partial charge in [-0.1, -0.05) is 60.3 Å². The van der Waals surface area contributed by atoms with Gasteiger partial charge in [0, 0.05) is 12.1 Å². The first-order valence-corrected chi connectivity index (χ1v) is 9.18. The average Bonchev–Trinajstić information content (AvgIpc) is 3.16. The summed E-state index contributed by atoms with van der Waals surface area (Å²) in [6.45, 7) is 2.00. The summed E-state index contributed by atoms with van der Waals surface area (Å²) in [4.78, 5) is 24.0. The summed E-state index contributed by atoms with van der Waals surface area (Å²) in [6.07, 6.45) is 0. The van der Waals surface area contributed by atoms with Crippen molar-refractivity contribution < 1.29 is 14.0 Å². The van der Waals surface area contributed by atoms with Gasteiger partial charge < -0.3 is 9.73 Å². The molecule has 0 aliphatic heterocycles. The third kappa shape index (κ3) is 5.42. The first kappa shape index (κ1) is 18.7. The minimum absolute atomic E-state index is 0.265. The Kier molecular flexibility index (Phi) is 6.22. The Labute approximate surface area is 160 Å². The van der Waals surface area contributed by atoms with Crippen molar-refractivity contribution in [2.24, 2.45) is 0 Å². The Morgan fingerprint density at radius 3 is 2.41 bits per heavy atom. The van der Waals surface area contributed by atoms with Gasteiger partial charge in [0.05, 0.1) is 5.25 Å². The normalized spacial score (nSPS) is 11.6. The maximum atomic E-state index is 12.2. The highest BCUT2D eigenvalue weighted by Gasteiger charge is 2.20. The second kappa shape index (κ2) is 9.00. The molecule has 0 spiro atoms. The largest absolute Gasteiger partial charge is 0.411 e. The molecule has 2 N–H and O–H groups in total.